The van der Waals surface area contributed by atoms with Crippen LogP contribution < -0.4 is 5.73 Å². The second-order valence-corrected chi connectivity index (χ2v) is 4.49. The Hall–Kier alpha value is -2.69. The summed E-state index contributed by atoms with van der Waals surface area (Å²) in [6.07, 6.45) is 2.63. The predicted octanol–water partition coefficient (Wildman–Crippen LogP) is 3.43. The van der Waals surface area contributed by atoms with E-state index in [4.69, 9.17) is 10.3 Å². The van der Waals surface area contributed by atoms with Crippen LogP contribution in [-0.2, 0) is 0 Å². The van der Waals surface area contributed by atoms with E-state index >= 15 is 0 Å². The van der Waals surface area contributed by atoms with E-state index in [9.17, 15) is 4.39 Å². The highest BCUT2D eigenvalue weighted by Crippen LogP contribution is 2.37. The number of anilines is 1. The fourth-order valence-electron chi connectivity index (χ4n) is 2.04. The van der Waals surface area contributed by atoms with Crippen LogP contribution in [0.4, 0.5) is 10.2 Å². The van der Waals surface area contributed by atoms with Gasteiger partial charge in [0.2, 0.25) is 0 Å². The number of nitrogens with zero attached hydrogens (tertiary/aromatic N) is 2. The number of nitrogen functional groups attached to an aromatic ring is 1. The van der Waals surface area contributed by atoms with Crippen molar-refractivity contribution in [2.45, 2.75) is 6.92 Å². The molecule has 0 unspecified atom stereocenters. The minimum Gasteiger partial charge on any atom is -0.380 e. The molecule has 0 radical (unpaired) electrons. The number of aromatic nitrogens is 2. The zero-order valence-corrected chi connectivity index (χ0v) is 10.8. The molecule has 4 nitrogen and oxygen atoms in total. The van der Waals surface area contributed by atoms with Gasteiger partial charge in [0.1, 0.15) is 0 Å². The second kappa shape index (κ2) is 4.77. The van der Waals surface area contributed by atoms with Crippen molar-refractivity contribution >= 4 is 5.82 Å². The molecule has 20 heavy (non-hydrogen) atoms. The third-order valence-corrected chi connectivity index (χ3v) is 3.08. The first-order chi connectivity index (χ1) is 9.66. The van der Waals surface area contributed by atoms with Crippen molar-refractivity contribution in [3.63, 3.8) is 0 Å². The summed E-state index contributed by atoms with van der Waals surface area (Å²) in [5.41, 5.74) is 8.70. The molecular formula is C15H12FN3O. The van der Waals surface area contributed by atoms with Gasteiger partial charge in [0.05, 0.1) is 17.3 Å². The van der Waals surface area contributed by atoms with Gasteiger partial charge in [-0.2, -0.15) is 0 Å². The zero-order valence-electron chi connectivity index (χ0n) is 10.8. The van der Waals surface area contributed by atoms with Crippen molar-refractivity contribution in [2.75, 3.05) is 5.73 Å². The van der Waals surface area contributed by atoms with Crippen LogP contribution in [-0.4, -0.2) is 10.1 Å². The molecule has 0 saturated carbocycles. The summed E-state index contributed by atoms with van der Waals surface area (Å²) >= 11 is 0. The lowest BCUT2D eigenvalue weighted by Crippen LogP contribution is -1.90. The van der Waals surface area contributed by atoms with Crippen LogP contribution in [0.3, 0.4) is 0 Å². The fourth-order valence-corrected chi connectivity index (χ4v) is 2.04. The van der Waals surface area contributed by atoms with Gasteiger partial charge in [-0.3, -0.25) is 4.98 Å². The minimum atomic E-state index is -0.475. The maximum atomic E-state index is 13.9. The predicted molar refractivity (Wildman–Crippen MR) is 74.3 cm³/mol. The van der Waals surface area contributed by atoms with Gasteiger partial charge in [-0.05, 0) is 18.6 Å². The van der Waals surface area contributed by atoms with Crippen LogP contribution in [0.2, 0.25) is 0 Å². The quantitative estimate of drug-likeness (QED) is 0.774. The van der Waals surface area contributed by atoms with Crippen LogP contribution >= 0.6 is 0 Å². The van der Waals surface area contributed by atoms with Gasteiger partial charge < -0.3 is 10.3 Å². The van der Waals surface area contributed by atoms with Crippen molar-refractivity contribution in [1.82, 2.24) is 10.1 Å². The summed E-state index contributed by atoms with van der Waals surface area (Å²) in [6, 6.07) is 9.25. The topological polar surface area (TPSA) is 64.9 Å². The molecule has 2 aromatic heterocycles. The maximum Gasteiger partial charge on any atom is 0.179 e. The van der Waals surface area contributed by atoms with Crippen LogP contribution in [0.5, 0.6) is 0 Å². The molecule has 0 aliphatic carbocycles. The molecule has 0 amide bonds. The van der Waals surface area contributed by atoms with Crippen LogP contribution in [0, 0.1) is 12.7 Å². The minimum absolute atomic E-state index is 0.236. The Labute approximate surface area is 115 Å². The van der Waals surface area contributed by atoms with E-state index in [1.165, 1.54) is 12.3 Å². The van der Waals surface area contributed by atoms with Crippen LogP contribution in [0.15, 0.2) is 47.2 Å². The number of pyridine rings is 1. The summed E-state index contributed by atoms with van der Waals surface area (Å²) in [4.78, 5) is 3.72. The fraction of sp³-hybridized carbons (Fsp3) is 0.0667. The zero-order chi connectivity index (χ0) is 14.1. The average molecular weight is 269 g/mol. The van der Waals surface area contributed by atoms with Crippen LogP contribution in [0.1, 0.15) is 5.56 Å². The molecule has 2 N–H and O–H groups in total. The van der Waals surface area contributed by atoms with Gasteiger partial charge in [-0.25, -0.2) is 4.39 Å². The smallest absolute Gasteiger partial charge is 0.179 e. The van der Waals surface area contributed by atoms with Crippen molar-refractivity contribution < 1.29 is 8.91 Å². The Morgan fingerprint density at radius 2 is 1.90 bits per heavy atom. The highest BCUT2D eigenvalue weighted by atomic mass is 19.1. The maximum absolute atomic E-state index is 13.9. The largest absolute Gasteiger partial charge is 0.380 e. The van der Waals surface area contributed by atoms with Crippen molar-refractivity contribution in [3.05, 3.63) is 54.1 Å². The van der Waals surface area contributed by atoms with Crippen molar-refractivity contribution in [3.8, 4) is 22.5 Å². The molecule has 100 valence electrons. The molecule has 1 aromatic carbocycles. The van der Waals surface area contributed by atoms with E-state index in [1.807, 2.05) is 31.2 Å². The lowest BCUT2D eigenvalue weighted by atomic mass is 10.0. The summed E-state index contributed by atoms with van der Waals surface area (Å²) in [5.74, 6) is 0.0725. The Kier molecular flexibility index (Phi) is 2.95. The van der Waals surface area contributed by atoms with E-state index in [2.05, 4.69) is 10.1 Å². The first-order valence-corrected chi connectivity index (χ1v) is 6.09. The lowest BCUT2D eigenvalue weighted by molar-refractivity contribution is 0.433. The number of rotatable bonds is 2. The summed E-state index contributed by atoms with van der Waals surface area (Å²) in [7, 11) is 0. The SMILES string of the molecule is Cc1ccc(-c2c(N)noc2-c2ccncc2F)cc1. The molecule has 0 fully saturated rings. The monoisotopic (exact) mass is 269 g/mol. The number of hydrogen-bond acceptors (Lipinski definition) is 4. The molecule has 0 atom stereocenters. The van der Waals surface area contributed by atoms with Gasteiger partial charge in [-0.15, -0.1) is 0 Å². The molecule has 0 bridgehead atoms. The average Bonchev–Trinajstić information content (AvgIpc) is 2.82. The van der Waals surface area contributed by atoms with Gasteiger partial charge in [-0.1, -0.05) is 35.0 Å². The van der Waals surface area contributed by atoms with E-state index in [1.54, 1.807) is 0 Å². The Morgan fingerprint density at radius 3 is 2.60 bits per heavy atom. The molecule has 3 aromatic rings. The Bertz CT molecular complexity index is 750. The summed E-state index contributed by atoms with van der Waals surface area (Å²) in [6.45, 7) is 1.99. The third kappa shape index (κ3) is 2.03. The number of halogens is 1. The number of hydrogen-bond donors (Lipinski definition) is 1. The van der Waals surface area contributed by atoms with E-state index < -0.39 is 5.82 Å². The van der Waals surface area contributed by atoms with Gasteiger partial charge in [0, 0.05) is 6.20 Å². The summed E-state index contributed by atoms with van der Waals surface area (Å²) in [5, 5.41) is 3.75. The highest BCUT2D eigenvalue weighted by molar-refractivity contribution is 5.86. The van der Waals surface area contributed by atoms with E-state index in [-0.39, 0.29) is 5.82 Å². The molecule has 0 saturated heterocycles. The van der Waals surface area contributed by atoms with E-state index in [0.29, 0.717) is 16.9 Å². The molecular weight excluding hydrogens is 257 g/mol. The van der Waals surface area contributed by atoms with Crippen molar-refractivity contribution in [1.29, 1.82) is 0 Å². The van der Waals surface area contributed by atoms with Gasteiger partial charge >= 0.3 is 0 Å². The second-order valence-electron chi connectivity index (χ2n) is 4.49. The molecule has 2 heterocycles. The summed E-state index contributed by atoms with van der Waals surface area (Å²) < 4.78 is 19.1. The number of nitrogens with two attached hydrogens (primary N) is 1. The Morgan fingerprint density at radius 1 is 1.15 bits per heavy atom. The molecule has 0 aliphatic rings. The van der Waals surface area contributed by atoms with E-state index in [0.717, 1.165) is 17.3 Å². The molecule has 0 aliphatic heterocycles. The first kappa shape index (κ1) is 12.3. The van der Waals surface area contributed by atoms with Gasteiger partial charge in [0.15, 0.2) is 17.4 Å². The first-order valence-electron chi connectivity index (χ1n) is 6.09. The van der Waals surface area contributed by atoms with Crippen molar-refractivity contribution in [2.24, 2.45) is 0 Å². The normalized spacial score (nSPS) is 10.7. The van der Waals surface area contributed by atoms with Gasteiger partial charge in [0.25, 0.3) is 0 Å². The molecule has 3 rings (SSSR count). The standard InChI is InChI=1S/C15H12FN3O/c1-9-2-4-10(5-3-9)13-14(20-19-15(13)17)11-6-7-18-8-12(11)16/h2-8H,1H3,(H2,17,19). The molecule has 0 spiro atoms. The number of aryl methyl sites for hydroxylation is 1. The lowest BCUT2D eigenvalue weighted by Gasteiger charge is -2.04. The van der Waals surface area contributed by atoms with Crippen LogP contribution in [0.25, 0.3) is 22.5 Å². The highest BCUT2D eigenvalue weighted by Gasteiger charge is 2.20. The number of benzene rings is 1. The third-order valence-electron chi connectivity index (χ3n) is 3.08. The molecule has 5 heteroatoms. The Balaban J connectivity index is 2.20.